The molecule has 0 aliphatic carbocycles. The first kappa shape index (κ1) is 43.5. The van der Waals surface area contributed by atoms with Crippen molar-refractivity contribution in [2.45, 2.75) is 40.5 Å². The smallest absolute Gasteiger partial charge is 0.0701 e. The van der Waals surface area contributed by atoms with Gasteiger partial charge in [0.1, 0.15) is 0 Å². The molecular weight excluding hydrogens is 576 g/mol. The fraction of sp³-hybridized carbons (Fsp3) is 1.00. The molecule has 0 aromatic heterocycles. The zero-order chi connectivity index (χ0) is 32.0. The molecule has 2 atom stereocenters. The summed E-state index contributed by atoms with van der Waals surface area (Å²) in [4.78, 5) is 0. The number of hydrogen-bond donors (Lipinski definition) is 0. The lowest BCUT2D eigenvalue weighted by Gasteiger charge is -2.10. The van der Waals surface area contributed by atoms with E-state index in [1.54, 1.807) is 0 Å². The highest BCUT2D eigenvalue weighted by atomic mass is 16.6. The Balaban J connectivity index is 3.05. The molecule has 12 heteroatoms. The molecule has 0 saturated heterocycles. The molecule has 0 saturated carbocycles. The van der Waals surface area contributed by atoms with E-state index in [0.29, 0.717) is 157 Å². The van der Waals surface area contributed by atoms with Gasteiger partial charge >= 0.3 is 0 Å². The molecule has 0 heterocycles. The Morgan fingerprint density at radius 2 is 0.386 bits per heavy atom. The predicted molar refractivity (Wildman–Crippen MR) is 169 cm³/mol. The fourth-order valence-electron chi connectivity index (χ4n) is 3.12. The summed E-state index contributed by atoms with van der Waals surface area (Å²) >= 11 is 0. The summed E-state index contributed by atoms with van der Waals surface area (Å²) in [7, 11) is 0. The van der Waals surface area contributed by atoms with Gasteiger partial charge in [-0.05, 0) is 11.8 Å². The second kappa shape index (κ2) is 38.7. The zero-order valence-electron chi connectivity index (χ0n) is 28.4. The molecule has 266 valence electrons. The lowest BCUT2D eigenvalue weighted by Crippen LogP contribution is -2.15. The van der Waals surface area contributed by atoms with Crippen LogP contribution in [0.5, 0.6) is 0 Å². The van der Waals surface area contributed by atoms with Crippen molar-refractivity contribution in [2.24, 2.45) is 11.8 Å². The van der Waals surface area contributed by atoms with Crippen molar-refractivity contribution in [3.05, 3.63) is 0 Å². The fourth-order valence-corrected chi connectivity index (χ4v) is 3.12. The summed E-state index contributed by atoms with van der Waals surface area (Å²) in [6.45, 7) is 22.4. The molecule has 0 fully saturated rings. The molecule has 0 radical (unpaired) electrons. The van der Waals surface area contributed by atoms with E-state index in [1.807, 2.05) is 0 Å². The summed E-state index contributed by atoms with van der Waals surface area (Å²) in [5.74, 6) is 1.20. The van der Waals surface area contributed by atoms with E-state index in [9.17, 15) is 0 Å². The standard InChI is InChI=1S/C32H66O12/c1-5-31(3)29-43-27-25-41-23-21-39-19-17-37-15-13-35-11-9-33-7-8-34-10-12-36-14-16-38-18-20-40-22-24-42-26-28-44-30-32(4)6-2/h31-32H,5-30H2,1-4H3. The molecule has 0 aromatic carbocycles. The van der Waals surface area contributed by atoms with Crippen LogP contribution in [0.3, 0.4) is 0 Å². The van der Waals surface area contributed by atoms with Gasteiger partial charge < -0.3 is 56.8 Å². The van der Waals surface area contributed by atoms with Crippen LogP contribution in [0.2, 0.25) is 0 Å². The molecular formula is C32H66O12. The van der Waals surface area contributed by atoms with E-state index in [-0.39, 0.29) is 0 Å². The van der Waals surface area contributed by atoms with Gasteiger partial charge in [0, 0.05) is 13.2 Å². The van der Waals surface area contributed by atoms with Crippen molar-refractivity contribution < 1.29 is 56.8 Å². The monoisotopic (exact) mass is 642 g/mol. The van der Waals surface area contributed by atoms with Crippen LogP contribution in [-0.4, -0.2) is 159 Å². The van der Waals surface area contributed by atoms with Gasteiger partial charge in [0.2, 0.25) is 0 Å². The van der Waals surface area contributed by atoms with E-state index in [0.717, 1.165) is 26.1 Å². The van der Waals surface area contributed by atoms with Gasteiger partial charge in [0.05, 0.1) is 145 Å². The van der Waals surface area contributed by atoms with Gasteiger partial charge in [-0.25, -0.2) is 0 Å². The molecule has 44 heavy (non-hydrogen) atoms. The molecule has 0 aliphatic heterocycles. The van der Waals surface area contributed by atoms with Gasteiger partial charge in [-0.2, -0.15) is 0 Å². The van der Waals surface area contributed by atoms with Gasteiger partial charge in [-0.15, -0.1) is 0 Å². The molecule has 0 spiro atoms. The highest BCUT2D eigenvalue weighted by Gasteiger charge is 2.00. The molecule has 2 unspecified atom stereocenters. The van der Waals surface area contributed by atoms with Crippen molar-refractivity contribution in [1.82, 2.24) is 0 Å². The van der Waals surface area contributed by atoms with Crippen molar-refractivity contribution in [1.29, 1.82) is 0 Å². The first-order valence-electron chi connectivity index (χ1n) is 16.6. The van der Waals surface area contributed by atoms with Crippen LogP contribution in [0.25, 0.3) is 0 Å². The van der Waals surface area contributed by atoms with Crippen molar-refractivity contribution in [2.75, 3.05) is 159 Å². The number of hydrogen-bond acceptors (Lipinski definition) is 12. The average molecular weight is 643 g/mol. The van der Waals surface area contributed by atoms with Crippen LogP contribution in [0.15, 0.2) is 0 Å². The first-order valence-corrected chi connectivity index (χ1v) is 16.6. The lowest BCUT2D eigenvalue weighted by atomic mass is 10.1. The maximum Gasteiger partial charge on any atom is 0.0701 e. The van der Waals surface area contributed by atoms with Crippen molar-refractivity contribution >= 4 is 0 Å². The van der Waals surface area contributed by atoms with E-state index in [2.05, 4.69) is 27.7 Å². The Morgan fingerprint density at radius 3 is 0.523 bits per heavy atom. The summed E-state index contributed by atoms with van der Waals surface area (Å²) in [6, 6.07) is 0. The quantitative estimate of drug-likeness (QED) is 0.0918. The largest absolute Gasteiger partial charge is 0.379 e. The van der Waals surface area contributed by atoms with Crippen LogP contribution < -0.4 is 0 Å². The molecule has 0 rings (SSSR count). The molecule has 0 aliphatic rings. The van der Waals surface area contributed by atoms with Crippen LogP contribution in [-0.2, 0) is 56.8 Å². The highest BCUT2D eigenvalue weighted by Crippen LogP contribution is 2.00. The van der Waals surface area contributed by atoms with E-state index in [1.165, 1.54) is 0 Å². The second-order valence-corrected chi connectivity index (χ2v) is 10.3. The third-order valence-electron chi connectivity index (χ3n) is 6.29. The summed E-state index contributed by atoms with van der Waals surface area (Å²) < 4.78 is 65.8. The van der Waals surface area contributed by atoms with Gasteiger partial charge in [-0.3, -0.25) is 0 Å². The Hall–Kier alpha value is -0.480. The molecule has 0 aromatic rings. The normalized spacial score (nSPS) is 13.1. The highest BCUT2D eigenvalue weighted by molar-refractivity contribution is 4.47. The van der Waals surface area contributed by atoms with E-state index in [4.69, 9.17) is 56.8 Å². The Bertz CT molecular complexity index is 474. The minimum atomic E-state index is 0.520. The number of ether oxygens (including phenoxy) is 12. The molecule has 0 amide bonds. The van der Waals surface area contributed by atoms with Crippen LogP contribution in [0.1, 0.15) is 40.5 Å². The van der Waals surface area contributed by atoms with Crippen LogP contribution in [0.4, 0.5) is 0 Å². The Kier molecular flexibility index (Phi) is 38.3. The third-order valence-corrected chi connectivity index (χ3v) is 6.29. The van der Waals surface area contributed by atoms with Gasteiger partial charge in [-0.1, -0.05) is 40.5 Å². The Labute approximate surface area is 267 Å². The van der Waals surface area contributed by atoms with Crippen LogP contribution >= 0.6 is 0 Å². The maximum atomic E-state index is 5.53. The number of rotatable bonds is 39. The maximum absolute atomic E-state index is 5.53. The van der Waals surface area contributed by atoms with E-state index >= 15 is 0 Å². The van der Waals surface area contributed by atoms with Gasteiger partial charge in [0.25, 0.3) is 0 Å². The lowest BCUT2D eigenvalue weighted by molar-refractivity contribution is -0.0288. The average Bonchev–Trinajstić information content (AvgIpc) is 3.04. The Morgan fingerprint density at radius 1 is 0.250 bits per heavy atom. The molecule has 0 bridgehead atoms. The minimum absolute atomic E-state index is 0.520. The minimum Gasteiger partial charge on any atom is -0.379 e. The summed E-state index contributed by atoms with van der Waals surface area (Å²) in [6.07, 6.45) is 2.27. The predicted octanol–water partition coefficient (Wildman–Crippen LogP) is 3.28. The summed E-state index contributed by atoms with van der Waals surface area (Å²) in [5, 5.41) is 0. The molecule has 12 nitrogen and oxygen atoms in total. The van der Waals surface area contributed by atoms with Gasteiger partial charge in [0.15, 0.2) is 0 Å². The van der Waals surface area contributed by atoms with Crippen LogP contribution in [0, 0.1) is 11.8 Å². The van der Waals surface area contributed by atoms with E-state index < -0.39 is 0 Å². The van der Waals surface area contributed by atoms with Crippen molar-refractivity contribution in [3.8, 4) is 0 Å². The SMILES string of the molecule is CCC(C)COCCOCCOCCOCCOCCOCCOCCOCCOCCOCCOCCOCC(C)CC. The van der Waals surface area contributed by atoms with Crippen molar-refractivity contribution in [3.63, 3.8) is 0 Å². The summed E-state index contributed by atoms with van der Waals surface area (Å²) in [5.41, 5.74) is 0. The first-order chi connectivity index (χ1) is 21.7. The molecule has 0 N–H and O–H groups in total. The zero-order valence-corrected chi connectivity index (χ0v) is 28.4. The topological polar surface area (TPSA) is 111 Å². The third kappa shape index (κ3) is 37.7. The second-order valence-electron chi connectivity index (χ2n) is 10.3.